The van der Waals surface area contributed by atoms with E-state index in [0.29, 0.717) is 24.8 Å². The maximum absolute atomic E-state index is 12.8. The molecule has 0 heterocycles. The van der Waals surface area contributed by atoms with Gasteiger partial charge in [0, 0.05) is 6.26 Å². The Morgan fingerprint density at radius 3 is 2.33 bits per heavy atom. The van der Waals surface area contributed by atoms with Crippen LogP contribution in [0.2, 0.25) is 0 Å². The van der Waals surface area contributed by atoms with Gasteiger partial charge >= 0.3 is 0 Å². The van der Waals surface area contributed by atoms with Crippen molar-refractivity contribution >= 4 is 25.4 Å². The van der Waals surface area contributed by atoms with E-state index < -0.39 is 30.2 Å². The van der Waals surface area contributed by atoms with Crippen molar-refractivity contribution in [1.29, 1.82) is 0 Å². The van der Waals surface area contributed by atoms with E-state index in [4.69, 9.17) is 5.73 Å². The van der Waals surface area contributed by atoms with Crippen LogP contribution in [0.3, 0.4) is 0 Å². The normalized spacial score (nSPS) is 23.9. The second-order valence-electron chi connectivity index (χ2n) is 5.77. The lowest BCUT2D eigenvalue weighted by Gasteiger charge is -2.28. The van der Waals surface area contributed by atoms with E-state index in [2.05, 4.69) is 0 Å². The number of para-hydroxylation sites is 1. The summed E-state index contributed by atoms with van der Waals surface area (Å²) in [5.41, 5.74) is 6.88. The van der Waals surface area contributed by atoms with Gasteiger partial charge in [0.1, 0.15) is 9.84 Å². The zero-order chi connectivity index (χ0) is 15.8. The number of sulfone groups is 2. The van der Waals surface area contributed by atoms with E-state index in [9.17, 15) is 16.8 Å². The van der Waals surface area contributed by atoms with Gasteiger partial charge in [-0.05, 0) is 37.8 Å². The fourth-order valence-electron chi connectivity index (χ4n) is 2.85. The summed E-state index contributed by atoms with van der Waals surface area (Å²) in [7, 11) is -6.81. The molecule has 118 valence electrons. The summed E-state index contributed by atoms with van der Waals surface area (Å²) in [6.45, 7) is 1.76. The molecule has 2 unspecified atom stereocenters. The number of rotatable bonds is 3. The van der Waals surface area contributed by atoms with Gasteiger partial charge in [0.05, 0.1) is 21.1 Å². The Morgan fingerprint density at radius 2 is 1.71 bits per heavy atom. The van der Waals surface area contributed by atoms with Crippen molar-refractivity contribution in [2.45, 2.75) is 48.0 Å². The Kier molecular flexibility index (Phi) is 4.35. The van der Waals surface area contributed by atoms with Gasteiger partial charge < -0.3 is 5.73 Å². The molecule has 0 radical (unpaired) electrons. The molecule has 7 heteroatoms. The minimum absolute atomic E-state index is 0.127. The van der Waals surface area contributed by atoms with Gasteiger partial charge in [-0.25, -0.2) is 16.8 Å². The molecule has 0 aromatic heterocycles. The Morgan fingerprint density at radius 1 is 1.10 bits per heavy atom. The van der Waals surface area contributed by atoms with Gasteiger partial charge in [-0.1, -0.05) is 18.6 Å². The van der Waals surface area contributed by atoms with Crippen LogP contribution >= 0.6 is 0 Å². The van der Waals surface area contributed by atoms with Crippen LogP contribution in [0.1, 0.15) is 31.2 Å². The van der Waals surface area contributed by atoms with Crippen LogP contribution in [-0.2, 0) is 19.7 Å². The van der Waals surface area contributed by atoms with Gasteiger partial charge in [0.25, 0.3) is 0 Å². The average Bonchev–Trinajstić information content (AvgIpc) is 2.41. The fraction of sp³-hybridized carbons (Fsp3) is 0.571. The summed E-state index contributed by atoms with van der Waals surface area (Å²) in [6.07, 6.45) is 2.96. The van der Waals surface area contributed by atoms with Crippen molar-refractivity contribution in [3.8, 4) is 0 Å². The van der Waals surface area contributed by atoms with E-state index in [1.54, 1.807) is 19.1 Å². The largest absolute Gasteiger partial charge is 0.397 e. The Labute approximate surface area is 126 Å². The standard InChI is InChI=1S/C14H21NO4S2/c1-10-5-3-8-13(14(10)15)21(18,19)12-7-4-6-11(9-12)20(2,16)17/h3,5,8,11-12H,4,6-7,9,15H2,1-2H3. The van der Waals surface area contributed by atoms with Crippen molar-refractivity contribution in [2.24, 2.45) is 0 Å². The Bertz CT molecular complexity index is 738. The molecular weight excluding hydrogens is 310 g/mol. The first-order valence-corrected chi connectivity index (χ1v) is 10.4. The van der Waals surface area contributed by atoms with Gasteiger partial charge in [0.15, 0.2) is 9.84 Å². The molecule has 5 nitrogen and oxygen atoms in total. The summed E-state index contributed by atoms with van der Waals surface area (Å²) < 4.78 is 48.9. The van der Waals surface area contributed by atoms with Gasteiger partial charge in [-0.3, -0.25) is 0 Å². The third-order valence-corrected chi connectivity index (χ3v) is 8.13. The molecule has 2 N–H and O–H groups in total. The summed E-state index contributed by atoms with van der Waals surface area (Å²) in [4.78, 5) is 0.127. The zero-order valence-corrected chi connectivity index (χ0v) is 13.9. The lowest BCUT2D eigenvalue weighted by Crippen LogP contribution is -2.35. The number of anilines is 1. The van der Waals surface area contributed by atoms with Crippen molar-refractivity contribution in [3.63, 3.8) is 0 Å². The monoisotopic (exact) mass is 331 g/mol. The third kappa shape index (κ3) is 3.23. The molecule has 2 atom stereocenters. The van der Waals surface area contributed by atoms with Crippen LogP contribution in [0.4, 0.5) is 5.69 Å². The molecule has 0 bridgehead atoms. The Hall–Kier alpha value is -1.08. The fourth-order valence-corrected chi connectivity index (χ4v) is 6.21. The predicted molar refractivity (Wildman–Crippen MR) is 83.7 cm³/mol. The quantitative estimate of drug-likeness (QED) is 0.851. The molecule has 0 aliphatic heterocycles. The van der Waals surface area contributed by atoms with Crippen LogP contribution in [0.25, 0.3) is 0 Å². The first-order chi connectivity index (χ1) is 9.64. The second kappa shape index (κ2) is 5.61. The molecule has 1 saturated carbocycles. The molecular formula is C14H21NO4S2. The third-order valence-electron chi connectivity index (χ3n) is 4.21. The first-order valence-electron chi connectivity index (χ1n) is 6.92. The minimum atomic E-state index is -3.60. The van der Waals surface area contributed by atoms with Crippen molar-refractivity contribution in [3.05, 3.63) is 23.8 Å². The highest BCUT2D eigenvalue weighted by atomic mass is 32.2. The number of hydrogen-bond donors (Lipinski definition) is 1. The highest BCUT2D eigenvalue weighted by molar-refractivity contribution is 7.92. The summed E-state index contributed by atoms with van der Waals surface area (Å²) in [5.74, 6) is 0. The summed E-state index contributed by atoms with van der Waals surface area (Å²) >= 11 is 0. The van der Waals surface area contributed by atoms with Gasteiger partial charge in [0.2, 0.25) is 0 Å². The smallest absolute Gasteiger partial charge is 0.183 e. The zero-order valence-electron chi connectivity index (χ0n) is 12.2. The molecule has 1 aromatic carbocycles. The predicted octanol–water partition coefficient (Wildman–Crippen LogP) is 1.71. The molecule has 21 heavy (non-hydrogen) atoms. The van der Waals surface area contributed by atoms with E-state index in [-0.39, 0.29) is 17.0 Å². The second-order valence-corrected chi connectivity index (χ2v) is 10.3. The summed E-state index contributed by atoms with van der Waals surface area (Å²) in [5, 5.41) is -1.24. The number of aryl methyl sites for hydroxylation is 1. The van der Waals surface area contributed by atoms with Crippen LogP contribution < -0.4 is 5.73 Å². The molecule has 1 aliphatic carbocycles. The number of nitrogen functional groups attached to an aromatic ring is 1. The van der Waals surface area contributed by atoms with Crippen LogP contribution in [0.15, 0.2) is 23.1 Å². The van der Waals surface area contributed by atoms with Gasteiger partial charge in [-0.2, -0.15) is 0 Å². The lowest BCUT2D eigenvalue weighted by atomic mass is 10.00. The number of hydrogen-bond acceptors (Lipinski definition) is 5. The van der Waals surface area contributed by atoms with E-state index in [1.165, 1.54) is 12.3 Å². The molecule has 0 saturated heterocycles. The Balaban J connectivity index is 2.38. The molecule has 1 fully saturated rings. The highest BCUT2D eigenvalue weighted by Gasteiger charge is 2.37. The molecule has 0 spiro atoms. The number of benzene rings is 1. The van der Waals surface area contributed by atoms with E-state index in [1.807, 2.05) is 0 Å². The van der Waals surface area contributed by atoms with Crippen LogP contribution in [0, 0.1) is 6.92 Å². The van der Waals surface area contributed by atoms with Gasteiger partial charge in [-0.15, -0.1) is 0 Å². The van der Waals surface area contributed by atoms with Crippen LogP contribution in [0.5, 0.6) is 0 Å². The van der Waals surface area contributed by atoms with E-state index >= 15 is 0 Å². The first kappa shape index (κ1) is 16.3. The minimum Gasteiger partial charge on any atom is -0.397 e. The molecule has 2 rings (SSSR count). The average molecular weight is 331 g/mol. The maximum Gasteiger partial charge on any atom is 0.183 e. The lowest BCUT2D eigenvalue weighted by molar-refractivity contribution is 0.473. The van der Waals surface area contributed by atoms with Crippen molar-refractivity contribution < 1.29 is 16.8 Å². The number of nitrogens with two attached hydrogens (primary N) is 1. The van der Waals surface area contributed by atoms with Crippen LogP contribution in [-0.4, -0.2) is 33.6 Å². The highest BCUT2D eigenvalue weighted by Crippen LogP contribution is 2.34. The molecule has 1 aromatic rings. The van der Waals surface area contributed by atoms with Crippen molar-refractivity contribution in [2.75, 3.05) is 12.0 Å². The molecule has 1 aliphatic rings. The van der Waals surface area contributed by atoms with Crippen molar-refractivity contribution in [1.82, 2.24) is 0 Å². The summed E-state index contributed by atoms with van der Waals surface area (Å²) in [6, 6.07) is 4.92. The van der Waals surface area contributed by atoms with E-state index in [0.717, 1.165) is 0 Å². The molecule has 0 amide bonds. The SMILES string of the molecule is Cc1cccc(S(=O)(=O)C2CCCC(S(C)(=O)=O)C2)c1N. The maximum atomic E-state index is 12.8. The topological polar surface area (TPSA) is 94.3 Å².